The van der Waals surface area contributed by atoms with Gasteiger partial charge in [-0.2, -0.15) is 0 Å². The van der Waals surface area contributed by atoms with E-state index in [4.69, 9.17) is 5.11 Å². The zero-order valence-corrected chi connectivity index (χ0v) is 12.2. The molecule has 0 radical (unpaired) electrons. The Bertz CT molecular complexity index is 489. The first-order valence-electron chi connectivity index (χ1n) is 6.10. The van der Waals surface area contributed by atoms with Crippen LogP contribution in [0.25, 0.3) is 0 Å². The fourth-order valence-electron chi connectivity index (χ4n) is 1.89. The summed E-state index contributed by atoms with van der Waals surface area (Å²) in [5.41, 5.74) is 0.463. The van der Waals surface area contributed by atoms with E-state index in [9.17, 15) is 14.0 Å². The normalized spacial score (nSPS) is 17.4. The Labute approximate surface area is 124 Å². The molecule has 1 atom stereocenters. The zero-order valence-electron chi connectivity index (χ0n) is 10.5. The van der Waals surface area contributed by atoms with Gasteiger partial charge in [0.2, 0.25) is 0 Å². The maximum atomic E-state index is 12.9. The lowest BCUT2D eigenvalue weighted by molar-refractivity contribution is -0.119. The number of hydrogen-bond acceptors (Lipinski definition) is 4. The highest BCUT2D eigenvalue weighted by atomic mass is 32.2. The standard InChI is InChI=1S/C13H14FNO3S2/c14-9-4-2-8(3-5-9)10(15-13(17)18)11(16)12-19-6-1-7-20-12/h2-5,10,12,15H,1,6-7H2,(H,17,18). The highest BCUT2D eigenvalue weighted by molar-refractivity contribution is 8.18. The van der Waals surface area contributed by atoms with Crippen molar-refractivity contribution in [3.05, 3.63) is 35.6 Å². The average molecular weight is 315 g/mol. The number of benzene rings is 1. The van der Waals surface area contributed by atoms with Crippen molar-refractivity contribution < 1.29 is 19.1 Å². The smallest absolute Gasteiger partial charge is 0.405 e. The Morgan fingerprint density at radius 1 is 1.25 bits per heavy atom. The largest absolute Gasteiger partial charge is 0.465 e. The van der Waals surface area contributed by atoms with Crippen LogP contribution in [0.3, 0.4) is 0 Å². The summed E-state index contributed by atoms with van der Waals surface area (Å²) in [5.74, 6) is 1.18. The monoisotopic (exact) mass is 315 g/mol. The number of ketones is 1. The molecule has 1 aromatic rings. The molecule has 1 aromatic carbocycles. The molecule has 1 aliphatic heterocycles. The predicted molar refractivity (Wildman–Crippen MR) is 78.6 cm³/mol. The number of Topliss-reactive ketones (excluding diaryl/α,β-unsaturated/α-hetero) is 1. The molecule has 0 spiro atoms. The van der Waals surface area contributed by atoms with Crippen LogP contribution in [0.15, 0.2) is 24.3 Å². The lowest BCUT2D eigenvalue weighted by Crippen LogP contribution is -2.37. The minimum Gasteiger partial charge on any atom is -0.465 e. The van der Waals surface area contributed by atoms with Crippen LogP contribution >= 0.6 is 23.5 Å². The second-order valence-corrected chi connectivity index (χ2v) is 6.99. The molecule has 2 N–H and O–H groups in total. The third-order valence-electron chi connectivity index (χ3n) is 2.82. The summed E-state index contributed by atoms with van der Waals surface area (Å²) in [6, 6.07) is 4.37. The molecule has 1 amide bonds. The fourth-order valence-corrected chi connectivity index (χ4v) is 4.68. The van der Waals surface area contributed by atoms with E-state index in [-0.39, 0.29) is 10.4 Å². The van der Waals surface area contributed by atoms with Gasteiger partial charge >= 0.3 is 6.09 Å². The van der Waals surface area contributed by atoms with E-state index in [2.05, 4.69) is 5.32 Å². The summed E-state index contributed by atoms with van der Waals surface area (Å²) in [4.78, 5) is 23.3. The SMILES string of the molecule is O=C(O)NC(C(=O)C1SCCCS1)c1ccc(F)cc1. The molecule has 0 bridgehead atoms. The quantitative estimate of drug-likeness (QED) is 0.894. The zero-order chi connectivity index (χ0) is 14.5. The first-order chi connectivity index (χ1) is 9.58. The number of rotatable bonds is 4. The minimum atomic E-state index is -1.27. The molecule has 0 saturated carbocycles. The molecule has 2 rings (SSSR count). The van der Waals surface area contributed by atoms with Crippen molar-refractivity contribution in [1.82, 2.24) is 5.32 Å². The van der Waals surface area contributed by atoms with Crippen molar-refractivity contribution in [2.24, 2.45) is 0 Å². The highest BCUT2D eigenvalue weighted by Crippen LogP contribution is 2.34. The summed E-state index contributed by atoms with van der Waals surface area (Å²) in [5, 5.41) is 11.1. The molecule has 108 valence electrons. The third-order valence-corrected chi connectivity index (χ3v) is 5.75. The van der Waals surface area contributed by atoms with Gasteiger partial charge in [0.25, 0.3) is 0 Å². The Balaban J connectivity index is 2.19. The van der Waals surface area contributed by atoms with Gasteiger partial charge in [-0.25, -0.2) is 9.18 Å². The Morgan fingerprint density at radius 3 is 2.40 bits per heavy atom. The summed E-state index contributed by atoms with van der Waals surface area (Å²) < 4.78 is 12.7. The van der Waals surface area contributed by atoms with Gasteiger partial charge in [0.1, 0.15) is 16.4 Å². The van der Waals surface area contributed by atoms with Crippen LogP contribution in [-0.2, 0) is 4.79 Å². The molecule has 7 heteroatoms. The molecule has 1 heterocycles. The van der Waals surface area contributed by atoms with Crippen LogP contribution in [-0.4, -0.2) is 33.1 Å². The van der Waals surface area contributed by atoms with E-state index in [0.29, 0.717) is 5.56 Å². The topological polar surface area (TPSA) is 66.4 Å². The molecule has 1 fully saturated rings. The molecular weight excluding hydrogens is 301 g/mol. The lowest BCUT2D eigenvalue weighted by atomic mass is 10.0. The maximum Gasteiger partial charge on any atom is 0.405 e. The fraction of sp³-hybridized carbons (Fsp3) is 0.385. The van der Waals surface area contributed by atoms with Gasteiger partial charge in [0.15, 0.2) is 5.78 Å². The van der Waals surface area contributed by atoms with Gasteiger partial charge in [-0.15, -0.1) is 23.5 Å². The van der Waals surface area contributed by atoms with E-state index in [1.807, 2.05) is 0 Å². The van der Waals surface area contributed by atoms with Gasteiger partial charge in [-0.1, -0.05) is 12.1 Å². The molecular formula is C13H14FNO3S2. The van der Waals surface area contributed by atoms with Crippen molar-refractivity contribution in [2.45, 2.75) is 17.0 Å². The molecule has 1 unspecified atom stereocenters. The van der Waals surface area contributed by atoms with Crippen molar-refractivity contribution in [2.75, 3.05) is 11.5 Å². The number of carbonyl (C=O) groups is 2. The number of nitrogens with one attached hydrogen (secondary N) is 1. The Kier molecular flexibility index (Phi) is 5.31. The van der Waals surface area contributed by atoms with Gasteiger partial charge in [0, 0.05) is 0 Å². The van der Waals surface area contributed by atoms with Crippen LogP contribution in [0.5, 0.6) is 0 Å². The maximum absolute atomic E-state index is 12.9. The van der Waals surface area contributed by atoms with Crippen molar-refractivity contribution >= 4 is 35.4 Å². The van der Waals surface area contributed by atoms with Crippen molar-refractivity contribution in [3.63, 3.8) is 0 Å². The van der Waals surface area contributed by atoms with E-state index in [1.165, 1.54) is 47.8 Å². The van der Waals surface area contributed by atoms with Gasteiger partial charge in [-0.3, -0.25) is 4.79 Å². The second-order valence-electron chi connectivity index (χ2n) is 4.26. The lowest BCUT2D eigenvalue weighted by Gasteiger charge is -2.24. The molecule has 1 aliphatic rings. The number of hydrogen-bond donors (Lipinski definition) is 2. The number of amides is 1. The van der Waals surface area contributed by atoms with Gasteiger partial charge in [0.05, 0.1) is 0 Å². The Morgan fingerprint density at radius 2 is 1.85 bits per heavy atom. The van der Waals surface area contributed by atoms with E-state index >= 15 is 0 Å². The third kappa shape index (κ3) is 3.89. The molecule has 0 aliphatic carbocycles. The van der Waals surface area contributed by atoms with Crippen LogP contribution < -0.4 is 5.32 Å². The summed E-state index contributed by atoms with van der Waals surface area (Å²) in [6.07, 6.45) is -0.217. The first kappa shape index (κ1) is 15.2. The van der Waals surface area contributed by atoms with E-state index in [0.717, 1.165) is 17.9 Å². The van der Waals surface area contributed by atoms with Gasteiger partial charge < -0.3 is 10.4 Å². The molecule has 0 aromatic heterocycles. The van der Waals surface area contributed by atoms with E-state index < -0.39 is 18.0 Å². The molecule has 20 heavy (non-hydrogen) atoms. The van der Waals surface area contributed by atoms with Crippen LogP contribution in [0.2, 0.25) is 0 Å². The summed E-state index contributed by atoms with van der Waals surface area (Å²) >= 11 is 3.06. The number of carbonyl (C=O) groups excluding carboxylic acids is 1. The highest BCUT2D eigenvalue weighted by Gasteiger charge is 2.31. The Hall–Kier alpha value is -1.21. The van der Waals surface area contributed by atoms with Gasteiger partial charge in [-0.05, 0) is 35.6 Å². The molecule has 4 nitrogen and oxygen atoms in total. The first-order valence-corrected chi connectivity index (χ1v) is 8.19. The second kappa shape index (κ2) is 6.99. The van der Waals surface area contributed by atoms with Crippen LogP contribution in [0, 0.1) is 5.82 Å². The van der Waals surface area contributed by atoms with Crippen LogP contribution in [0.4, 0.5) is 9.18 Å². The number of halogens is 1. The summed E-state index contributed by atoms with van der Waals surface area (Å²) in [7, 11) is 0. The van der Waals surface area contributed by atoms with Crippen molar-refractivity contribution in [1.29, 1.82) is 0 Å². The predicted octanol–water partition coefficient (Wildman–Crippen LogP) is 2.90. The summed E-state index contributed by atoms with van der Waals surface area (Å²) in [6.45, 7) is 0. The minimum absolute atomic E-state index is 0.186. The van der Waals surface area contributed by atoms with E-state index in [1.54, 1.807) is 0 Å². The number of carboxylic acid groups (broad SMARTS) is 1. The van der Waals surface area contributed by atoms with Crippen molar-refractivity contribution in [3.8, 4) is 0 Å². The average Bonchev–Trinajstić information content (AvgIpc) is 2.46. The van der Waals surface area contributed by atoms with Crippen LogP contribution in [0.1, 0.15) is 18.0 Å². The number of thioether (sulfide) groups is 2. The molecule has 1 saturated heterocycles.